The van der Waals surface area contributed by atoms with E-state index in [0.29, 0.717) is 10.6 Å². The fourth-order valence-electron chi connectivity index (χ4n) is 3.43. The number of fused-ring (bicyclic) bond motifs is 1. The second-order valence-corrected chi connectivity index (χ2v) is 6.23. The minimum atomic E-state index is -0.938. The average molecular weight is 308 g/mol. The number of benzene rings is 1. The van der Waals surface area contributed by atoms with E-state index < -0.39 is 6.10 Å². The van der Waals surface area contributed by atoms with Crippen LogP contribution in [0.5, 0.6) is 0 Å². The van der Waals surface area contributed by atoms with E-state index >= 15 is 0 Å². The summed E-state index contributed by atoms with van der Waals surface area (Å²) < 4.78 is 0. The minimum Gasteiger partial charge on any atom is -0.386 e. The van der Waals surface area contributed by atoms with Gasteiger partial charge in [0.15, 0.2) is 0 Å². The van der Waals surface area contributed by atoms with Gasteiger partial charge in [0.25, 0.3) is 0 Å². The fourth-order valence-corrected chi connectivity index (χ4v) is 3.69. The summed E-state index contributed by atoms with van der Waals surface area (Å²) >= 11 is 6.05. The topological polar surface area (TPSA) is 57.6 Å². The molecule has 1 aliphatic carbocycles. The normalized spacial score (nSPS) is 26.9. The zero-order valence-electron chi connectivity index (χ0n) is 11.7. The van der Waals surface area contributed by atoms with E-state index in [0.717, 1.165) is 25.7 Å². The number of halogens is 1. The first-order valence-corrected chi connectivity index (χ1v) is 7.75. The zero-order valence-corrected chi connectivity index (χ0v) is 12.4. The van der Waals surface area contributed by atoms with Crippen LogP contribution in [0.25, 0.3) is 0 Å². The van der Waals surface area contributed by atoms with Crippen molar-refractivity contribution in [3.8, 4) is 0 Å². The highest BCUT2D eigenvalue weighted by Gasteiger charge is 2.48. The smallest absolute Gasteiger partial charge is 0.233 e. The molecular formula is C16H18ClNO3. The molecule has 1 aliphatic heterocycles. The third-order valence-corrected chi connectivity index (χ3v) is 4.90. The lowest BCUT2D eigenvalue weighted by Gasteiger charge is -2.20. The van der Waals surface area contributed by atoms with Crippen LogP contribution in [0.3, 0.4) is 0 Å². The molecule has 0 spiro atoms. The van der Waals surface area contributed by atoms with Gasteiger partial charge in [-0.15, -0.1) is 0 Å². The highest BCUT2D eigenvalue weighted by molar-refractivity contribution is 6.31. The zero-order chi connectivity index (χ0) is 15.0. The van der Waals surface area contributed by atoms with Crippen molar-refractivity contribution in [2.45, 2.75) is 31.8 Å². The molecule has 1 N–H and O–H groups in total. The molecule has 5 heteroatoms. The number of hydrogen-bond donors (Lipinski definition) is 1. The average Bonchev–Trinajstić information content (AvgIpc) is 2.73. The van der Waals surface area contributed by atoms with Crippen LogP contribution in [0, 0.1) is 11.8 Å². The molecule has 0 bridgehead atoms. The summed E-state index contributed by atoms with van der Waals surface area (Å²) in [5, 5.41) is 10.7. The molecule has 1 saturated carbocycles. The highest BCUT2D eigenvalue weighted by atomic mass is 35.5. The third kappa shape index (κ3) is 2.58. The Morgan fingerprint density at radius 1 is 1.14 bits per heavy atom. The Hall–Kier alpha value is -1.39. The number of aliphatic hydroxyl groups excluding tert-OH is 1. The molecule has 0 radical (unpaired) electrons. The number of imide groups is 1. The maximum Gasteiger partial charge on any atom is 0.233 e. The third-order valence-electron chi connectivity index (χ3n) is 4.55. The van der Waals surface area contributed by atoms with E-state index in [9.17, 15) is 14.7 Å². The maximum atomic E-state index is 12.4. The van der Waals surface area contributed by atoms with Crippen molar-refractivity contribution in [1.29, 1.82) is 0 Å². The van der Waals surface area contributed by atoms with Crippen LogP contribution in [-0.2, 0) is 9.59 Å². The Kier molecular flexibility index (Phi) is 4.00. The van der Waals surface area contributed by atoms with Crippen molar-refractivity contribution >= 4 is 23.4 Å². The lowest BCUT2D eigenvalue weighted by Crippen LogP contribution is -2.35. The fraction of sp³-hybridized carbons (Fsp3) is 0.500. The van der Waals surface area contributed by atoms with Gasteiger partial charge < -0.3 is 5.11 Å². The highest BCUT2D eigenvalue weighted by Crippen LogP contribution is 2.38. The number of likely N-dealkylation sites (tertiary alicyclic amines) is 1. The van der Waals surface area contributed by atoms with Crippen LogP contribution < -0.4 is 0 Å². The molecule has 1 saturated heterocycles. The Balaban J connectivity index is 1.77. The van der Waals surface area contributed by atoms with Gasteiger partial charge >= 0.3 is 0 Å². The molecule has 4 nitrogen and oxygen atoms in total. The first-order chi connectivity index (χ1) is 10.1. The van der Waals surface area contributed by atoms with Gasteiger partial charge in [-0.2, -0.15) is 0 Å². The Bertz CT molecular complexity index is 550. The van der Waals surface area contributed by atoms with Crippen molar-refractivity contribution in [2.24, 2.45) is 11.8 Å². The van der Waals surface area contributed by atoms with Crippen LogP contribution in [0.1, 0.15) is 37.4 Å². The van der Waals surface area contributed by atoms with E-state index in [-0.39, 0.29) is 30.2 Å². The summed E-state index contributed by atoms with van der Waals surface area (Å²) in [5.74, 6) is -0.610. The summed E-state index contributed by atoms with van der Waals surface area (Å²) in [6.45, 7) is -0.00556. The van der Waals surface area contributed by atoms with Gasteiger partial charge in [-0.1, -0.05) is 42.6 Å². The van der Waals surface area contributed by atoms with Crippen LogP contribution in [0.15, 0.2) is 24.3 Å². The Labute approximate surface area is 128 Å². The molecule has 1 heterocycles. The quantitative estimate of drug-likeness (QED) is 0.873. The molecule has 1 aromatic rings. The van der Waals surface area contributed by atoms with Gasteiger partial charge in [0.2, 0.25) is 11.8 Å². The minimum absolute atomic E-state index is 0.00556. The number of aliphatic hydroxyl groups is 1. The van der Waals surface area contributed by atoms with Crippen LogP contribution in [0.2, 0.25) is 5.02 Å². The summed E-state index contributed by atoms with van der Waals surface area (Å²) in [5.41, 5.74) is 0.551. The lowest BCUT2D eigenvalue weighted by molar-refractivity contribution is -0.141. The summed E-state index contributed by atoms with van der Waals surface area (Å²) in [6.07, 6.45) is 2.64. The van der Waals surface area contributed by atoms with Gasteiger partial charge in [0, 0.05) is 10.6 Å². The van der Waals surface area contributed by atoms with E-state index in [1.54, 1.807) is 24.3 Å². The van der Waals surface area contributed by atoms with Gasteiger partial charge in [-0.3, -0.25) is 14.5 Å². The number of carbonyl (C=O) groups is 2. The molecule has 21 heavy (non-hydrogen) atoms. The van der Waals surface area contributed by atoms with Gasteiger partial charge in [-0.25, -0.2) is 0 Å². The molecule has 112 valence electrons. The van der Waals surface area contributed by atoms with Crippen molar-refractivity contribution in [3.63, 3.8) is 0 Å². The Morgan fingerprint density at radius 3 is 2.29 bits per heavy atom. The predicted molar refractivity (Wildman–Crippen MR) is 78.6 cm³/mol. The van der Waals surface area contributed by atoms with Crippen molar-refractivity contribution in [2.75, 3.05) is 6.54 Å². The summed E-state index contributed by atoms with van der Waals surface area (Å²) in [6, 6.07) is 6.95. The monoisotopic (exact) mass is 307 g/mol. The van der Waals surface area contributed by atoms with Crippen LogP contribution in [0.4, 0.5) is 0 Å². The van der Waals surface area contributed by atoms with Crippen LogP contribution >= 0.6 is 11.6 Å². The molecule has 3 unspecified atom stereocenters. The van der Waals surface area contributed by atoms with E-state index in [1.165, 1.54) is 4.90 Å². The van der Waals surface area contributed by atoms with Crippen molar-refractivity contribution in [3.05, 3.63) is 34.9 Å². The van der Waals surface area contributed by atoms with E-state index in [1.807, 2.05) is 0 Å². The molecule has 2 amide bonds. The van der Waals surface area contributed by atoms with E-state index in [4.69, 9.17) is 11.6 Å². The molecule has 2 fully saturated rings. The van der Waals surface area contributed by atoms with Crippen LogP contribution in [-0.4, -0.2) is 28.4 Å². The second kappa shape index (κ2) is 5.78. The van der Waals surface area contributed by atoms with Gasteiger partial charge in [-0.05, 0) is 18.9 Å². The molecular weight excluding hydrogens is 290 g/mol. The van der Waals surface area contributed by atoms with E-state index in [2.05, 4.69) is 0 Å². The standard InChI is InChI=1S/C16H18ClNO3/c17-13-8-4-3-7-12(13)14(19)9-18-15(20)10-5-1-2-6-11(10)16(18)21/h3-4,7-8,10-11,14,19H,1-2,5-6,9H2. The molecule has 3 rings (SSSR count). The largest absolute Gasteiger partial charge is 0.386 e. The molecule has 0 aromatic heterocycles. The van der Waals surface area contributed by atoms with Crippen molar-refractivity contribution < 1.29 is 14.7 Å². The number of amides is 2. The number of rotatable bonds is 3. The first-order valence-electron chi connectivity index (χ1n) is 7.37. The molecule has 2 aliphatic rings. The number of nitrogens with zero attached hydrogens (tertiary/aromatic N) is 1. The number of carbonyl (C=O) groups excluding carboxylic acids is 2. The summed E-state index contributed by atoms with van der Waals surface area (Å²) in [7, 11) is 0. The predicted octanol–water partition coefficient (Wildman–Crippen LogP) is 2.55. The van der Waals surface area contributed by atoms with Gasteiger partial charge in [0.1, 0.15) is 0 Å². The van der Waals surface area contributed by atoms with Crippen molar-refractivity contribution in [1.82, 2.24) is 4.90 Å². The molecule has 3 atom stereocenters. The Morgan fingerprint density at radius 2 is 1.71 bits per heavy atom. The second-order valence-electron chi connectivity index (χ2n) is 5.82. The number of β-amino-alcohol motifs (C(OH)–C–C–N with tert-alkyl or cyclic N) is 1. The van der Waals surface area contributed by atoms with Gasteiger partial charge in [0.05, 0.1) is 24.5 Å². The summed E-state index contributed by atoms with van der Waals surface area (Å²) in [4.78, 5) is 26.0. The first kappa shape index (κ1) is 14.5. The molecule has 1 aromatic carbocycles. The lowest BCUT2D eigenvalue weighted by atomic mass is 9.81. The number of hydrogen-bond acceptors (Lipinski definition) is 3. The maximum absolute atomic E-state index is 12.4. The SMILES string of the molecule is O=C1C2CCCCC2C(=O)N1CC(O)c1ccccc1Cl.